The van der Waals surface area contributed by atoms with Crippen molar-refractivity contribution in [2.45, 2.75) is 18.0 Å². The van der Waals surface area contributed by atoms with Gasteiger partial charge in [0.05, 0.1) is 17.3 Å². The monoisotopic (exact) mass is 586 g/mol. The Kier molecular flexibility index (Phi) is 7.70. The number of carboxylic acids is 1. The third kappa shape index (κ3) is 5.23. The fourth-order valence-electron chi connectivity index (χ4n) is 5.64. The van der Waals surface area contributed by atoms with Gasteiger partial charge in [-0.15, -0.1) is 0 Å². The average molecular weight is 587 g/mol. The number of carboxylic acid groups (broad SMARTS) is 1. The lowest BCUT2D eigenvalue weighted by atomic mass is 9.80. The summed E-state index contributed by atoms with van der Waals surface area (Å²) in [6, 6.07) is 20.6. The average Bonchev–Trinajstić information content (AvgIpc) is 3.41. The highest BCUT2D eigenvalue weighted by Crippen LogP contribution is 2.47. The van der Waals surface area contributed by atoms with Crippen molar-refractivity contribution in [3.63, 3.8) is 0 Å². The molecule has 0 radical (unpaired) electrons. The molecule has 1 spiro atoms. The summed E-state index contributed by atoms with van der Waals surface area (Å²) >= 11 is 12.4. The molecule has 2 saturated heterocycles. The Labute approximate surface area is 246 Å². The molecule has 3 aromatic rings. The Morgan fingerprint density at radius 2 is 1.73 bits per heavy atom. The third-order valence-corrected chi connectivity index (χ3v) is 7.85. The molecule has 3 aromatic carbocycles. The van der Waals surface area contributed by atoms with Gasteiger partial charge in [0.25, 0.3) is 5.91 Å². The van der Waals surface area contributed by atoms with Crippen LogP contribution in [-0.4, -0.2) is 51.4 Å². The molecule has 2 heterocycles. The minimum atomic E-state index is -1.31. The van der Waals surface area contributed by atoms with Gasteiger partial charge in [0.15, 0.2) is 0 Å². The molecule has 3 amide bonds. The van der Waals surface area contributed by atoms with Crippen LogP contribution in [0.5, 0.6) is 0 Å². The van der Waals surface area contributed by atoms with Gasteiger partial charge in [0.2, 0.25) is 0 Å². The number of amides is 3. The fourth-order valence-corrected chi connectivity index (χ4v) is 6.15. The summed E-state index contributed by atoms with van der Waals surface area (Å²) in [6.07, 6.45) is 3.97. The summed E-state index contributed by atoms with van der Waals surface area (Å²) in [4.78, 5) is 43.6. The van der Waals surface area contributed by atoms with Gasteiger partial charge in [-0.2, -0.15) is 5.26 Å². The number of carbonyl (C=O) groups excluding carboxylic acids is 2. The molecule has 0 bridgehead atoms. The van der Waals surface area contributed by atoms with Crippen molar-refractivity contribution >= 4 is 52.9 Å². The fraction of sp³-hybridized carbons (Fsp3) is 0.161. The van der Waals surface area contributed by atoms with Crippen LogP contribution in [0.25, 0.3) is 6.08 Å². The molecule has 206 valence electrons. The van der Waals surface area contributed by atoms with Gasteiger partial charge in [-0.25, -0.2) is 14.5 Å². The van der Waals surface area contributed by atoms with Gasteiger partial charge >= 0.3 is 12.0 Å². The van der Waals surface area contributed by atoms with Crippen LogP contribution < -0.4 is 4.90 Å². The van der Waals surface area contributed by atoms with Crippen molar-refractivity contribution in [2.24, 2.45) is 0 Å². The van der Waals surface area contributed by atoms with E-state index >= 15 is 0 Å². The van der Waals surface area contributed by atoms with Gasteiger partial charge in [-0.3, -0.25) is 14.6 Å². The molecule has 0 saturated carbocycles. The molecule has 1 N–H and O–H groups in total. The lowest BCUT2D eigenvalue weighted by Gasteiger charge is -2.34. The van der Waals surface area contributed by atoms with Crippen molar-refractivity contribution in [1.82, 2.24) is 9.80 Å². The largest absolute Gasteiger partial charge is 0.478 e. The summed E-state index contributed by atoms with van der Waals surface area (Å²) in [7, 11) is 0. The quantitative estimate of drug-likeness (QED) is 0.272. The van der Waals surface area contributed by atoms with Crippen LogP contribution in [0.1, 0.15) is 28.2 Å². The molecule has 2 aliphatic heterocycles. The first-order chi connectivity index (χ1) is 19.7. The first-order valence-corrected chi connectivity index (χ1v) is 13.4. The summed E-state index contributed by atoms with van der Waals surface area (Å²) in [5.74, 6) is -1.89. The van der Waals surface area contributed by atoms with Crippen molar-refractivity contribution in [2.75, 3.05) is 18.0 Å². The maximum Gasteiger partial charge on any atom is 0.336 e. The third-order valence-electron chi connectivity index (χ3n) is 7.42. The molecular weight excluding hydrogens is 563 g/mol. The number of nitriles is 1. The van der Waals surface area contributed by atoms with Crippen LogP contribution in [0.4, 0.5) is 10.5 Å². The van der Waals surface area contributed by atoms with Crippen LogP contribution in [0.2, 0.25) is 10.0 Å². The van der Waals surface area contributed by atoms with E-state index in [1.807, 2.05) is 36.4 Å². The number of nitrogens with zero attached hydrogens (tertiary/aromatic N) is 4. The summed E-state index contributed by atoms with van der Waals surface area (Å²) in [5.41, 5.74) is 1.94. The first-order valence-electron chi connectivity index (χ1n) is 12.6. The predicted octanol–water partition coefficient (Wildman–Crippen LogP) is 5.91. The van der Waals surface area contributed by atoms with E-state index in [4.69, 9.17) is 28.3 Å². The second kappa shape index (κ2) is 11.2. The summed E-state index contributed by atoms with van der Waals surface area (Å²) < 4.78 is 0. The molecule has 0 aromatic heterocycles. The Morgan fingerprint density at radius 1 is 1.07 bits per heavy atom. The lowest BCUT2D eigenvalue weighted by Crippen LogP contribution is -2.53. The Balaban J connectivity index is 1.54. The molecule has 0 unspecified atom stereocenters. The molecule has 2 aliphatic rings. The minimum absolute atomic E-state index is 0.222. The summed E-state index contributed by atoms with van der Waals surface area (Å²) in [6.45, 7) is 5.02. The van der Waals surface area contributed by atoms with Gasteiger partial charge in [0.1, 0.15) is 5.54 Å². The number of carbonyl (C=O) groups is 3. The molecule has 0 aliphatic carbocycles. The number of urea groups is 1. The summed E-state index contributed by atoms with van der Waals surface area (Å²) in [5, 5.41) is 18.8. The van der Waals surface area contributed by atoms with Gasteiger partial charge in [0, 0.05) is 47.9 Å². The van der Waals surface area contributed by atoms with E-state index in [0.29, 0.717) is 18.7 Å². The number of hydrogen-bond acceptors (Lipinski definition) is 5. The smallest absolute Gasteiger partial charge is 0.336 e. The van der Waals surface area contributed by atoms with Gasteiger partial charge < -0.3 is 5.11 Å². The van der Waals surface area contributed by atoms with E-state index < -0.39 is 29.4 Å². The van der Waals surface area contributed by atoms with E-state index in [0.717, 1.165) is 27.7 Å². The van der Waals surface area contributed by atoms with E-state index in [9.17, 15) is 19.6 Å². The standard InChI is InChI=1S/C31H24Cl2N4O4/c1-2-36-30(41)37(26-14-24(32)13-25(33)15-26)29(40)31(36)19-35(18-27(31)23-10-7-21(16-34)8-11-23)17-22-5-3-20(4-6-22)9-12-28(38)39/h2-15,27H,1,17-19H2,(H,38,39)/b12-9+/t27-,31+/m0/s1. The van der Waals surface area contributed by atoms with E-state index in [-0.39, 0.29) is 22.3 Å². The minimum Gasteiger partial charge on any atom is -0.478 e. The molecular formula is C31H24Cl2N4O4. The van der Waals surface area contributed by atoms with E-state index in [1.165, 1.54) is 35.4 Å². The normalized spacial score (nSPS) is 20.8. The highest BCUT2D eigenvalue weighted by atomic mass is 35.5. The van der Waals surface area contributed by atoms with E-state index in [1.54, 1.807) is 12.1 Å². The number of halogens is 2. The Bertz CT molecular complexity index is 1590. The van der Waals surface area contributed by atoms with Crippen molar-refractivity contribution in [1.29, 1.82) is 5.26 Å². The number of aliphatic carboxylic acids is 1. The number of hydrogen-bond donors (Lipinski definition) is 1. The zero-order valence-corrected chi connectivity index (χ0v) is 23.2. The first kappa shape index (κ1) is 28.1. The highest BCUT2D eigenvalue weighted by Gasteiger charge is 2.64. The Morgan fingerprint density at radius 3 is 2.32 bits per heavy atom. The maximum absolute atomic E-state index is 14.4. The SMILES string of the molecule is C=CN1C(=O)N(c2cc(Cl)cc(Cl)c2)C(=O)[C@]12CN(Cc1ccc(/C=C/C(=O)O)cc1)C[C@H]2c1ccc(C#N)cc1. The van der Waals surface area contributed by atoms with E-state index in [2.05, 4.69) is 17.5 Å². The lowest BCUT2D eigenvalue weighted by molar-refractivity contribution is -0.131. The Hall–Kier alpha value is -4.42. The van der Waals surface area contributed by atoms with Crippen molar-refractivity contribution in [3.05, 3.63) is 118 Å². The molecule has 2 fully saturated rings. The van der Waals surface area contributed by atoms with Gasteiger partial charge in [-0.1, -0.05) is 66.2 Å². The highest BCUT2D eigenvalue weighted by molar-refractivity contribution is 6.36. The van der Waals surface area contributed by atoms with Crippen LogP contribution in [0.3, 0.4) is 0 Å². The molecule has 41 heavy (non-hydrogen) atoms. The second-order valence-corrected chi connectivity index (χ2v) is 10.8. The maximum atomic E-state index is 14.4. The topological polar surface area (TPSA) is 105 Å². The number of likely N-dealkylation sites (tertiary alicyclic amines) is 1. The number of imide groups is 1. The second-order valence-electron chi connectivity index (χ2n) is 9.90. The van der Waals surface area contributed by atoms with Crippen LogP contribution in [0.15, 0.2) is 85.6 Å². The number of benzene rings is 3. The molecule has 2 atom stereocenters. The number of rotatable bonds is 7. The van der Waals surface area contributed by atoms with Crippen LogP contribution in [-0.2, 0) is 16.1 Å². The van der Waals surface area contributed by atoms with Gasteiger partial charge in [-0.05, 0) is 53.1 Å². The van der Waals surface area contributed by atoms with Crippen molar-refractivity contribution < 1.29 is 19.5 Å². The zero-order valence-electron chi connectivity index (χ0n) is 21.7. The predicted molar refractivity (Wildman–Crippen MR) is 156 cm³/mol. The molecule has 8 nitrogen and oxygen atoms in total. The number of anilines is 1. The van der Waals surface area contributed by atoms with Crippen molar-refractivity contribution in [3.8, 4) is 6.07 Å². The zero-order chi connectivity index (χ0) is 29.3. The molecule has 5 rings (SSSR count). The van der Waals surface area contributed by atoms with Crippen LogP contribution in [0, 0.1) is 11.3 Å². The van der Waals surface area contributed by atoms with Crippen LogP contribution >= 0.6 is 23.2 Å². The molecule has 10 heteroatoms.